The third-order valence-corrected chi connectivity index (χ3v) is 3.30. The first kappa shape index (κ1) is 12.0. The van der Waals surface area contributed by atoms with Gasteiger partial charge in [-0.15, -0.1) is 0 Å². The van der Waals surface area contributed by atoms with Gasteiger partial charge >= 0.3 is 0 Å². The Kier molecular flexibility index (Phi) is 3.67. The normalized spacial score (nSPS) is 22.0. The van der Waals surface area contributed by atoms with Crippen LogP contribution >= 0.6 is 0 Å². The van der Waals surface area contributed by atoms with Crippen molar-refractivity contribution < 1.29 is 4.79 Å². The molecular weight excluding hydrogens is 212 g/mol. The number of rotatable bonds is 5. The van der Waals surface area contributed by atoms with Gasteiger partial charge in [0.2, 0.25) is 0 Å². The van der Waals surface area contributed by atoms with Crippen LogP contribution in [0.4, 0.5) is 5.69 Å². The highest BCUT2D eigenvalue weighted by Gasteiger charge is 2.36. The highest BCUT2D eigenvalue weighted by Crippen LogP contribution is 2.33. The van der Waals surface area contributed by atoms with E-state index in [-0.39, 0.29) is 5.91 Å². The molecule has 1 aromatic carbocycles. The zero-order valence-corrected chi connectivity index (χ0v) is 10.5. The van der Waals surface area contributed by atoms with Gasteiger partial charge in [-0.05, 0) is 31.4 Å². The molecule has 1 aliphatic rings. The lowest BCUT2D eigenvalue weighted by Crippen LogP contribution is -2.27. The molecule has 0 bridgehead atoms. The number of amides is 1. The lowest BCUT2D eigenvalue weighted by Gasteiger charge is -2.10. The standard InChI is InChI=1S/C14H20N2O/c1-3-10-9-13(10)16-14(17)11-7-5-6-8-12(11)15-4-2/h5-8,10,13,15H,3-4,9H2,1-2H3,(H,16,17). The molecule has 1 fully saturated rings. The van der Waals surface area contributed by atoms with Gasteiger partial charge in [0.25, 0.3) is 5.91 Å². The number of hydrogen-bond donors (Lipinski definition) is 2. The van der Waals surface area contributed by atoms with Crippen LogP contribution in [-0.2, 0) is 0 Å². The molecule has 0 aromatic heterocycles. The Morgan fingerprint density at radius 2 is 2.12 bits per heavy atom. The van der Waals surface area contributed by atoms with Crippen LogP contribution in [0.2, 0.25) is 0 Å². The fraction of sp³-hybridized carbons (Fsp3) is 0.500. The van der Waals surface area contributed by atoms with Crippen molar-refractivity contribution in [3.05, 3.63) is 29.8 Å². The molecule has 0 saturated heterocycles. The van der Waals surface area contributed by atoms with Crippen molar-refractivity contribution in [2.24, 2.45) is 5.92 Å². The summed E-state index contributed by atoms with van der Waals surface area (Å²) in [5.41, 5.74) is 1.66. The topological polar surface area (TPSA) is 41.1 Å². The highest BCUT2D eigenvalue weighted by molar-refractivity contribution is 5.99. The maximum absolute atomic E-state index is 12.1. The van der Waals surface area contributed by atoms with Crippen molar-refractivity contribution >= 4 is 11.6 Å². The Bertz CT molecular complexity index is 403. The Labute approximate surface area is 103 Å². The van der Waals surface area contributed by atoms with Gasteiger partial charge in [0.05, 0.1) is 5.56 Å². The molecule has 0 spiro atoms. The summed E-state index contributed by atoms with van der Waals surface area (Å²) in [7, 11) is 0. The smallest absolute Gasteiger partial charge is 0.253 e. The van der Waals surface area contributed by atoms with Crippen LogP contribution in [0.3, 0.4) is 0 Å². The van der Waals surface area contributed by atoms with Crippen LogP contribution in [0, 0.1) is 5.92 Å². The van der Waals surface area contributed by atoms with E-state index in [1.54, 1.807) is 0 Å². The second-order valence-electron chi connectivity index (χ2n) is 4.56. The van der Waals surface area contributed by atoms with Crippen molar-refractivity contribution in [2.75, 3.05) is 11.9 Å². The summed E-state index contributed by atoms with van der Waals surface area (Å²) in [6.45, 7) is 5.03. The zero-order valence-electron chi connectivity index (χ0n) is 10.5. The number of para-hydroxylation sites is 1. The maximum atomic E-state index is 12.1. The van der Waals surface area contributed by atoms with Gasteiger partial charge < -0.3 is 10.6 Å². The van der Waals surface area contributed by atoms with E-state index < -0.39 is 0 Å². The third-order valence-electron chi connectivity index (χ3n) is 3.30. The fourth-order valence-electron chi connectivity index (χ4n) is 2.15. The van der Waals surface area contributed by atoms with Crippen LogP contribution in [0.15, 0.2) is 24.3 Å². The number of nitrogens with one attached hydrogen (secondary N) is 2. The number of benzene rings is 1. The molecular formula is C14H20N2O. The summed E-state index contributed by atoms with van der Waals surface area (Å²) in [6, 6.07) is 8.06. The van der Waals surface area contributed by atoms with Crippen LogP contribution in [-0.4, -0.2) is 18.5 Å². The summed E-state index contributed by atoms with van der Waals surface area (Å²) in [5.74, 6) is 0.729. The minimum Gasteiger partial charge on any atom is -0.385 e. The predicted molar refractivity (Wildman–Crippen MR) is 70.3 cm³/mol. The van der Waals surface area contributed by atoms with Gasteiger partial charge in [-0.1, -0.05) is 25.5 Å². The molecule has 1 amide bonds. The first-order chi connectivity index (χ1) is 8.26. The van der Waals surface area contributed by atoms with Gasteiger partial charge in [-0.2, -0.15) is 0 Å². The molecule has 2 atom stereocenters. The summed E-state index contributed by atoms with van der Waals surface area (Å²) in [6.07, 6.45) is 2.28. The maximum Gasteiger partial charge on any atom is 0.253 e. The van der Waals surface area contributed by atoms with E-state index >= 15 is 0 Å². The Hall–Kier alpha value is -1.51. The SMILES string of the molecule is CCNc1ccccc1C(=O)NC1CC1CC. The molecule has 0 radical (unpaired) electrons. The quantitative estimate of drug-likeness (QED) is 0.819. The monoisotopic (exact) mass is 232 g/mol. The van der Waals surface area contributed by atoms with E-state index in [4.69, 9.17) is 0 Å². The lowest BCUT2D eigenvalue weighted by atomic mass is 10.1. The van der Waals surface area contributed by atoms with Crippen molar-refractivity contribution in [3.63, 3.8) is 0 Å². The fourth-order valence-corrected chi connectivity index (χ4v) is 2.15. The second kappa shape index (κ2) is 5.21. The molecule has 17 heavy (non-hydrogen) atoms. The van der Waals surface area contributed by atoms with E-state index in [0.717, 1.165) is 30.6 Å². The molecule has 1 aromatic rings. The minimum atomic E-state index is 0.0440. The molecule has 2 unspecified atom stereocenters. The van der Waals surface area contributed by atoms with E-state index in [9.17, 15) is 4.79 Å². The molecule has 2 rings (SSSR count). The molecule has 0 heterocycles. The molecule has 92 valence electrons. The number of anilines is 1. The summed E-state index contributed by atoms with van der Waals surface area (Å²) < 4.78 is 0. The van der Waals surface area contributed by atoms with Crippen molar-refractivity contribution in [2.45, 2.75) is 32.7 Å². The average molecular weight is 232 g/mol. The first-order valence-corrected chi connectivity index (χ1v) is 6.40. The van der Waals surface area contributed by atoms with Crippen LogP contribution in [0.25, 0.3) is 0 Å². The minimum absolute atomic E-state index is 0.0440. The highest BCUT2D eigenvalue weighted by atomic mass is 16.1. The summed E-state index contributed by atoms with van der Waals surface area (Å²) in [5, 5.41) is 6.31. The summed E-state index contributed by atoms with van der Waals surface area (Å²) in [4.78, 5) is 12.1. The van der Waals surface area contributed by atoms with Crippen molar-refractivity contribution in [3.8, 4) is 0 Å². The van der Waals surface area contributed by atoms with Gasteiger partial charge in [0.1, 0.15) is 0 Å². The molecule has 2 N–H and O–H groups in total. The molecule has 1 saturated carbocycles. The zero-order chi connectivity index (χ0) is 12.3. The molecule has 3 heteroatoms. The summed E-state index contributed by atoms with van der Waals surface area (Å²) >= 11 is 0. The van der Waals surface area contributed by atoms with Gasteiger partial charge in [0.15, 0.2) is 0 Å². The van der Waals surface area contributed by atoms with E-state index in [1.165, 1.54) is 0 Å². The molecule has 1 aliphatic carbocycles. The predicted octanol–water partition coefficient (Wildman–Crippen LogP) is 2.65. The van der Waals surface area contributed by atoms with E-state index in [2.05, 4.69) is 17.6 Å². The van der Waals surface area contributed by atoms with Gasteiger partial charge in [0, 0.05) is 18.3 Å². The molecule has 0 aliphatic heterocycles. The Morgan fingerprint density at radius 3 is 2.76 bits per heavy atom. The Balaban J connectivity index is 2.03. The second-order valence-corrected chi connectivity index (χ2v) is 4.56. The first-order valence-electron chi connectivity index (χ1n) is 6.40. The van der Waals surface area contributed by atoms with Crippen molar-refractivity contribution in [1.82, 2.24) is 5.32 Å². The number of carbonyl (C=O) groups is 1. The van der Waals surface area contributed by atoms with Gasteiger partial charge in [-0.25, -0.2) is 0 Å². The Morgan fingerprint density at radius 1 is 1.35 bits per heavy atom. The number of carbonyl (C=O) groups excluding carboxylic acids is 1. The number of hydrogen-bond acceptors (Lipinski definition) is 2. The van der Waals surface area contributed by atoms with E-state index in [1.807, 2.05) is 31.2 Å². The lowest BCUT2D eigenvalue weighted by molar-refractivity contribution is 0.0950. The average Bonchev–Trinajstić information content (AvgIpc) is 3.08. The van der Waals surface area contributed by atoms with E-state index in [0.29, 0.717) is 12.0 Å². The van der Waals surface area contributed by atoms with Crippen LogP contribution in [0.5, 0.6) is 0 Å². The van der Waals surface area contributed by atoms with Gasteiger partial charge in [-0.3, -0.25) is 4.79 Å². The van der Waals surface area contributed by atoms with Crippen LogP contribution < -0.4 is 10.6 Å². The largest absolute Gasteiger partial charge is 0.385 e. The molecule has 3 nitrogen and oxygen atoms in total. The van der Waals surface area contributed by atoms with Crippen LogP contribution in [0.1, 0.15) is 37.0 Å². The van der Waals surface area contributed by atoms with Crippen molar-refractivity contribution in [1.29, 1.82) is 0 Å². The third kappa shape index (κ3) is 2.78.